The Morgan fingerprint density at radius 2 is 0.833 bits per heavy atom. The Labute approximate surface area is 239 Å². The van der Waals surface area contributed by atoms with E-state index in [0.29, 0.717) is 26.4 Å². The smallest absolute Gasteiger partial charge is 0.343 e. The summed E-state index contributed by atoms with van der Waals surface area (Å²) in [5.41, 5.74) is 0.947. The normalized spacial score (nSPS) is 16.7. The van der Waals surface area contributed by atoms with E-state index >= 15 is 0 Å². The van der Waals surface area contributed by atoms with Gasteiger partial charge in [-0.3, -0.25) is 0 Å². The molecule has 218 valence electrons. The maximum Gasteiger partial charge on any atom is 0.343 e. The van der Waals surface area contributed by atoms with Gasteiger partial charge in [0.25, 0.3) is 0 Å². The number of epoxide rings is 2. The van der Waals surface area contributed by atoms with Crippen LogP contribution in [-0.4, -0.2) is 76.1 Å². The van der Waals surface area contributed by atoms with Gasteiger partial charge in [0.05, 0.1) is 48.7 Å². The van der Waals surface area contributed by atoms with Crippen LogP contribution in [-0.2, 0) is 28.4 Å². The largest absolute Gasteiger partial charge is 0.435 e. The molecule has 3 aromatic rings. The SMILES string of the molecule is O=C(OCOCC1CO1)c1ccc(OC(=O)c2ccc(OC(=O)c3ccc(C(=O)OCOCC4CO4)cc3)cc2)cc1. The molecule has 0 spiro atoms. The van der Waals surface area contributed by atoms with Crippen molar-refractivity contribution in [2.75, 3.05) is 40.0 Å². The Morgan fingerprint density at radius 3 is 1.17 bits per heavy atom. The molecule has 2 saturated heterocycles. The Hall–Kier alpha value is -4.62. The zero-order valence-corrected chi connectivity index (χ0v) is 22.2. The number of hydrogen-bond donors (Lipinski definition) is 0. The van der Waals surface area contributed by atoms with Crippen LogP contribution in [0.5, 0.6) is 11.5 Å². The standard InChI is InChI=1S/C30H26O12/c31-27(39-17-35-13-25-15-37-25)19-1-3-21(4-2-19)29(33)41-24-11-7-22(8-12-24)30(34)42-23-9-5-20(6-10-23)28(32)40-18-36-14-26-16-38-26/h1-12,25-26H,13-18H2. The Balaban J connectivity index is 1.05. The molecule has 2 aliphatic rings. The highest BCUT2D eigenvalue weighted by atomic mass is 16.7. The molecular weight excluding hydrogens is 552 g/mol. The van der Waals surface area contributed by atoms with Gasteiger partial charge in [0.2, 0.25) is 0 Å². The van der Waals surface area contributed by atoms with Crippen molar-refractivity contribution in [2.24, 2.45) is 0 Å². The van der Waals surface area contributed by atoms with E-state index in [0.717, 1.165) is 0 Å². The topological polar surface area (TPSA) is 149 Å². The molecule has 2 fully saturated rings. The van der Waals surface area contributed by atoms with Gasteiger partial charge in [-0.25, -0.2) is 19.2 Å². The Bertz CT molecular complexity index is 1390. The van der Waals surface area contributed by atoms with E-state index in [1.807, 2.05) is 0 Å². The van der Waals surface area contributed by atoms with Crippen LogP contribution >= 0.6 is 0 Å². The molecule has 0 aromatic heterocycles. The summed E-state index contributed by atoms with van der Waals surface area (Å²) in [6.07, 6.45) is 0.147. The predicted octanol–water partition coefficient (Wildman–Crippen LogP) is 3.18. The molecule has 2 atom stereocenters. The zero-order valence-electron chi connectivity index (χ0n) is 22.2. The van der Waals surface area contributed by atoms with Gasteiger partial charge in [-0.15, -0.1) is 0 Å². The third-order valence-electron chi connectivity index (χ3n) is 5.92. The number of ether oxygens (including phenoxy) is 8. The zero-order chi connectivity index (χ0) is 29.3. The second-order valence-corrected chi connectivity index (χ2v) is 9.16. The van der Waals surface area contributed by atoms with Gasteiger partial charge in [-0.05, 0) is 72.8 Å². The van der Waals surface area contributed by atoms with Gasteiger partial charge in [-0.1, -0.05) is 0 Å². The second kappa shape index (κ2) is 13.8. The third-order valence-corrected chi connectivity index (χ3v) is 5.92. The van der Waals surface area contributed by atoms with Crippen molar-refractivity contribution in [1.29, 1.82) is 0 Å². The molecule has 0 saturated carbocycles. The molecule has 0 aliphatic carbocycles. The number of carbonyl (C=O) groups is 4. The van der Waals surface area contributed by atoms with Crippen LogP contribution in [0.2, 0.25) is 0 Å². The van der Waals surface area contributed by atoms with E-state index in [-0.39, 0.29) is 59.5 Å². The Morgan fingerprint density at radius 1 is 0.524 bits per heavy atom. The molecule has 42 heavy (non-hydrogen) atoms. The highest BCUT2D eigenvalue weighted by Gasteiger charge is 2.23. The molecule has 3 aromatic carbocycles. The quantitative estimate of drug-likeness (QED) is 0.0909. The summed E-state index contributed by atoms with van der Waals surface area (Å²) in [4.78, 5) is 49.2. The first-order chi connectivity index (χ1) is 20.4. The fourth-order valence-corrected chi connectivity index (χ4v) is 3.44. The lowest BCUT2D eigenvalue weighted by Gasteiger charge is -2.08. The van der Waals surface area contributed by atoms with Gasteiger partial charge >= 0.3 is 23.9 Å². The van der Waals surface area contributed by atoms with Crippen LogP contribution in [0.4, 0.5) is 0 Å². The number of benzene rings is 3. The van der Waals surface area contributed by atoms with E-state index in [2.05, 4.69) is 0 Å². The molecular formula is C30H26O12. The van der Waals surface area contributed by atoms with Gasteiger partial charge < -0.3 is 37.9 Å². The summed E-state index contributed by atoms with van der Waals surface area (Å²) >= 11 is 0. The summed E-state index contributed by atoms with van der Waals surface area (Å²) in [6.45, 7) is 1.65. The first kappa shape index (κ1) is 28.9. The molecule has 12 nitrogen and oxygen atoms in total. The fourth-order valence-electron chi connectivity index (χ4n) is 3.44. The van der Waals surface area contributed by atoms with E-state index in [1.54, 1.807) is 0 Å². The van der Waals surface area contributed by atoms with Crippen LogP contribution in [0.1, 0.15) is 41.4 Å². The highest BCUT2D eigenvalue weighted by Crippen LogP contribution is 2.19. The minimum Gasteiger partial charge on any atom is -0.435 e. The van der Waals surface area contributed by atoms with Crippen molar-refractivity contribution in [2.45, 2.75) is 12.2 Å². The summed E-state index contributed by atoms with van der Waals surface area (Å²) in [6, 6.07) is 17.4. The molecule has 2 unspecified atom stereocenters. The van der Waals surface area contributed by atoms with Gasteiger partial charge in [0.1, 0.15) is 23.7 Å². The van der Waals surface area contributed by atoms with Crippen LogP contribution in [0.15, 0.2) is 72.8 Å². The van der Waals surface area contributed by atoms with Crippen LogP contribution < -0.4 is 9.47 Å². The summed E-state index contributed by atoms with van der Waals surface area (Å²) in [5.74, 6) is -2.04. The van der Waals surface area contributed by atoms with E-state index < -0.39 is 23.9 Å². The molecule has 5 rings (SSSR count). The minimum atomic E-state index is -0.653. The van der Waals surface area contributed by atoms with Crippen molar-refractivity contribution in [3.8, 4) is 11.5 Å². The van der Waals surface area contributed by atoms with Gasteiger partial charge in [-0.2, -0.15) is 0 Å². The second-order valence-electron chi connectivity index (χ2n) is 9.16. The Kier molecular flexibility index (Phi) is 9.51. The lowest BCUT2D eigenvalue weighted by atomic mass is 10.1. The molecule has 0 bridgehead atoms. The van der Waals surface area contributed by atoms with Crippen molar-refractivity contribution < 1.29 is 57.1 Å². The lowest BCUT2D eigenvalue weighted by molar-refractivity contribution is -0.0357. The van der Waals surface area contributed by atoms with Crippen molar-refractivity contribution in [3.05, 3.63) is 95.1 Å². The van der Waals surface area contributed by atoms with E-state index in [9.17, 15) is 19.2 Å². The van der Waals surface area contributed by atoms with Crippen LogP contribution in [0, 0.1) is 0 Å². The maximum absolute atomic E-state index is 12.5. The monoisotopic (exact) mass is 578 g/mol. The molecule has 12 heteroatoms. The maximum atomic E-state index is 12.5. The van der Waals surface area contributed by atoms with Crippen LogP contribution in [0.3, 0.4) is 0 Å². The minimum absolute atomic E-state index is 0.0710. The summed E-state index contributed by atoms with van der Waals surface area (Å²) < 4.78 is 41.1. The number of carbonyl (C=O) groups excluding carboxylic acids is 4. The van der Waals surface area contributed by atoms with Crippen LogP contribution in [0.25, 0.3) is 0 Å². The molecule has 0 radical (unpaired) electrons. The molecule has 0 amide bonds. The fraction of sp³-hybridized carbons (Fsp3) is 0.267. The van der Waals surface area contributed by atoms with Crippen molar-refractivity contribution in [1.82, 2.24) is 0 Å². The average Bonchev–Trinajstić information content (AvgIpc) is 3.94. The summed E-state index contributed by atoms with van der Waals surface area (Å²) in [7, 11) is 0. The lowest BCUT2D eigenvalue weighted by Crippen LogP contribution is -2.12. The van der Waals surface area contributed by atoms with E-state index in [4.69, 9.17) is 37.9 Å². The summed E-state index contributed by atoms with van der Waals surface area (Å²) in [5, 5.41) is 0. The number of esters is 4. The third kappa shape index (κ3) is 8.69. The molecule has 2 aliphatic heterocycles. The van der Waals surface area contributed by atoms with Crippen molar-refractivity contribution in [3.63, 3.8) is 0 Å². The molecule has 2 heterocycles. The van der Waals surface area contributed by atoms with Gasteiger partial charge in [0.15, 0.2) is 13.6 Å². The average molecular weight is 579 g/mol. The first-order valence-corrected chi connectivity index (χ1v) is 12.9. The first-order valence-electron chi connectivity index (χ1n) is 12.9. The molecule has 0 N–H and O–H groups in total. The number of hydrogen-bond acceptors (Lipinski definition) is 12. The number of rotatable bonds is 14. The van der Waals surface area contributed by atoms with Crippen molar-refractivity contribution >= 4 is 23.9 Å². The highest BCUT2D eigenvalue weighted by molar-refractivity contribution is 5.95. The van der Waals surface area contributed by atoms with E-state index in [1.165, 1.54) is 72.8 Å². The predicted molar refractivity (Wildman–Crippen MR) is 141 cm³/mol. The van der Waals surface area contributed by atoms with Gasteiger partial charge in [0, 0.05) is 0 Å².